The molecular formula is C30H26BFN4O4S3. The van der Waals surface area contributed by atoms with Crippen LogP contribution in [0.15, 0.2) is 64.9 Å². The molecule has 13 heteroatoms. The molecule has 4 N–H and O–H groups in total. The van der Waals surface area contributed by atoms with E-state index in [-0.39, 0.29) is 12.0 Å². The van der Waals surface area contributed by atoms with Crippen LogP contribution in [0.3, 0.4) is 0 Å². The van der Waals surface area contributed by atoms with E-state index < -0.39 is 27.9 Å². The highest BCUT2D eigenvalue weighted by Crippen LogP contribution is 2.38. The Morgan fingerprint density at radius 3 is 2.60 bits per heavy atom. The molecule has 1 aliphatic carbocycles. The molecule has 0 radical (unpaired) electrons. The average molecular weight is 633 g/mol. The number of nitrogens with zero attached hydrogens (tertiary/aromatic N) is 3. The molecule has 0 saturated heterocycles. The highest BCUT2D eigenvalue weighted by molar-refractivity contribution is 7.89. The maximum atomic E-state index is 14.9. The van der Waals surface area contributed by atoms with Crippen LogP contribution in [-0.4, -0.2) is 40.3 Å². The molecule has 0 unspecified atom stereocenters. The van der Waals surface area contributed by atoms with Gasteiger partial charge in [0.15, 0.2) is 0 Å². The third-order valence-corrected chi connectivity index (χ3v) is 9.81. The van der Waals surface area contributed by atoms with Crippen LogP contribution in [0.25, 0.3) is 16.4 Å². The molecule has 0 aliphatic heterocycles. The summed E-state index contributed by atoms with van der Waals surface area (Å²) in [5, 5.41) is 31.6. The Hall–Kier alpha value is -3.64. The molecule has 0 amide bonds. The van der Waals surface area contributed by atoms with Gasteiger partial charge in [-0.1, -0.05) is 30.0 Å². The van der Waals surface area contributed by atoms with Crippen LogP contribution in [0, 0.1) is 30.5 Å². The van der Waals surface area contributed by atoms with E-state index in [9.17, 15) is 22.9 Å². The van der Waals surface area contributed by atoms with Gasteiger partial charge in [-0.25, -0.2) is 27.6 Å². The first-order valence-electron chi connectivity index (χ1n) is 13.5. The van der Waals surface area contributed by atoms with Crippen LogP contribution in [0.1, 0.15) is 45.0 Å². The minimum absolute atomic E-state index is 0.123. The van der Waals surface area contributed by atoms with E-state index in [4.69, 9.17) is 10.2 Å². The Labute approximate surface area is 256 Å². The van der Waals surface area contributed by atoms with Crippen molar-refractivity contribution in [3.05, 3.63) is 97.9 Å². The molecule has 43 heavy (non-hydrogen) atoms. The van der Waals surface area contributed by atoms with Crippen LogP contribution in [-0.2, 0) is 22.9 Å². The van der Waals surface area contributed by atoms with Gasteiger partial charge in [-0.3, -0.25) is 0 Å². The zero-order chi connectivity index (χ0) is 30.3. The zero-order valence-electron chi connectivity index (χ0n) is 23.0. The van der Waals surface area contributed by atoms with Gasteiger partial charge in [-0.05, 0) is 74.1 Å². The van der Waals surface area contributed by atoms with Gasteiger partial charge >= 0.3 is 7.12 Å². The lowest BCUT2D eigenvalue weighted by Crippen LogP contribution is -2.30. The monoisotopic (exact) mass is 632 g/mol. The van der Waals surface area contributed by atoms with Gasteiger partial charge in [-0.15, -0.1) is 22.7 Å². The minimum Gasteiger partial charge on any atom is -0.422 e. The lowest BCUT2D eigenvalue weighted by Gasteiger charge is -2.10. The molecule has 6 rings (SSSR count). The number of hydrogen-bond donors (Lipinski definition) is 3. The van der Waals surface area contributed by atoms with Crippen molar-refractivity contribution < 1.29 is 22.9 Å². The summed E-state index contributed by atoms with van der Waals surface area (Å²) in [7, 11) is -5.92. The van der Waals surface area contributed by atoms with Gasteiger partial charge in [0, 0.05) is 33.4 Å². The predicted octanol–water partition coefficient (Wildman–Crippen LogP) is 3.78. The fraction of sp³-hybridized carbons (Fsp3) is 0.200. The third-order valence-electron chi connectivity index (χ3n) is 7.11. The molecule has 0 spiro atoms. The second-order valence-corrected chi connectivity index (χ2v) is 14.1. The second-order valence-electron chi connectivity index (χ2n) is 10.5. The molecule has 0 atom stereocenters. The summed E-state index contributed by atoms with van der Waals surface area (Å²) in [6.45, 7) is 2.04. The first-order chi connectivity index (χ1) is 20.5. The van der Waals surface area contributed by atoms with Crippen molar-refractivity contribution in [1.82, 2.24) is 14.8 Å². The lowest BCUT2D eigenvalue weighted by molar-refractivity contribution is 0.424. The van der Waals surface area contributed by atoms with Gasteiger partial charge in [0.1, 0.15) is 10.7 Å². The Morgan fingerprint density at radius 1 is 1.14 bits per heavy atom. The van der Waals surface area contributed by atoms with E-state index in [0.29, 0.717) is 28.7 Å². The summed E-state index contributed by atoms with van der Waals surface area (Å²) in [6.07, 6.45) is 3.12. The van der Waals surface area contributed by atoms with Crippen LogP contribution in [0.4, 0.5) is 4.39 Å². The van der Waals surface area contributed by atoms with E-state index in [0.717, 1.165) is 40.1 Å². The van der Waals surface area contributed by atoms with Crippen molar-refractivity contribution in [2.75, 3.05) is 0 Å². The molecule has 5 aromatic rings. The Bertz CT molecular complexity index is 2000. The molecular weight excluding hydrogens is 606 g/mol. The van der Waals surface area contributed by atoms with Crippen LogP contribution >= 0.6 is 22.7 Å². The minimum atomic E-state index is -4.21. The number of benzene rings is 2. The number of aromatic nitrogens is 3. The average Bonchev–Trinajstić information content (AvgIpc) is 3.30. The van der Waals surface area contributed by atoms with Crippen LogP contribution in [0.2, 0.25) is 0 Å². The summed E-state index contributed by atoms with van der Waals surface area (Å²) in [4.78, 5) is 6.01. The lowest BCUT2D eigenvalue weighted by atomic mass is 9.88. The molecule has 1 fully saturated rings. The molecule has 1 aliphatic rings. The van der Waals surface area contributed by atoms with Gasteiger partial charge < -0.3 is 10.0 Å². The van der Waals surface area contributed by atoms with Gasteiger partial charge in [-0.2, -0.15) is 5.10 Å². The summed E-state index contributed by atoms with van der Waals surface area (Å²) in [5.74, 6) is 5.99. The molecule has 0 bridgehead atoms. The maximum absolute atomic E-state index is 14.9. The number of thiophene rings is 1. The Kier molecular flexibility index (Phi) is 8.08. The maximum Gasteiger partial charge on any atom is 0.509 e. The normalized spacial score (nSPS) is 13.1. The van der Waals surface area contributed by atoms with Crippen LogP contribution in [0.5, 0.6) is 0 Å². The number of aryl methyl sites for hydroxylation is 1. The van der Waals surface area contributed by atoms with Crippen molar-refractivity contribution in [3.8, 4) is 28.2 Å². The first kappa shape index (κ1) is 29.4. The largest absolute Gasteiger partial charge is 0.509 e. The quantitative estimate of drug-likeness (QED) is 0.176. The van der Waals surface area contributed by atoms with Gasteiger partial charge in [0.2, 0.25) is 15.2 Å². The molecule has 218 valence electrons. The fourth-order valence-corrected chi connectivity index (χ4v) is 6.95. The van der Waals surface area contributed by atoms with E-state index in [1.165, 1.54) is 28.3 Å². The van der Waals surface area contributed by atoms with Crippen molar-refractivity contribution in [1.29, 1.82) is 0 Å². The topological polar surface area (TPSA) is 131 Å². The predicted molar refractivity (Wildman–Crippen MR) is 167 cm³/mol. The fourth-order valence-electron chi connectivity index (χ4n) is 4.83. The number of rotatable bonds is 8. The number of thiazole rings is 1. The Balaban J connectivity index is 1.49. The number of halogens is 1. The number of nitrogens with two attached hydrogens (primary N) is 1. The summed E-state index contributed by atoms with van der Waals surface area (Å²) in [6, 6.07) is 15.7. The highest BCUT2D eigenvalue weighted by Gasteiger charge is 2.30. The third kappa shape index (κ3) is 6.65. The highest BCUT2D eigenvalue weighted by atomic mass is 32.2. The first-order valence-corrected chi connectivity index (χ1v) is 16.7. The van der Waals surface area contributed by atoms with Gasteiger partial charge in [0.25, 0.3) is 0 Å². The van der Waals surface area contributed by atoms with E-state index >= 15 is 0 Å². The molecule has 3 aromatic heterocycles. The van der Waals surface area contributed by atoms with Gasteiger partial charge in [0.05, 0.1) is 21.9 Å². The number of hydrogen-bond acceptors (Lipinski definition) is 8. The molecule has 2 aromatic carbocycles. The number of sulfonamides is 1. The van der Waals surface area contributed by atoms with Crippen molar-refractivity contribution in [2.45, 2.75) is 37.5 Å². The standard InChI is InChI=1S/C30H26BFN4O4S3/c1-18-5-10-23(42-18)11-8-19-3-2-4-22(13-19)29-24(14-21-9-12-27(25(32)15-21)43(33,39)40)26(16-20-6-7-20)36(35-29)30-34-28(17-41-30)31(37)38/h2-5,9-10,12-13,15,17,20,37-38H,6-7,14,16H2,1H3,(H2,33,39,40). The van der Waals surface area contributed by atoms with E-state index in [2.05, 4.69) is 16.8 Å². The van der Waals surface area contributed by atoms with Crippen molar-refractivity contribution in [3.63, 3.8) is 0 Å². The SMILES string of the molecule is Cc1ccc(C#Cc2cccc(-c3nn(-c4nc(B(O)O)cs4)c(CC4CC4)c3Cc3ccc(S(N)(=O)=O)c(F)c3)c2)s1. The zero-order valence-corrected chi connectivity index (χ0v) is 25.4. The van der Waals surface area contributed by atoms with Crippen LogP contribution < -0.4 is 10.7 Å². The van der Waals surface area contributed by atoms with E-state index in [1.54, 1.807) is 27.5 Å². The Morgan fingerprint density at radius 2 is 1.95 bits per heavy atom. The molecule has 1 saturated carbocycles. The van der Waals surface area contributed by atoms with Crippen molar-refractivity contribution >= 4 is 45.4 Å². The summed E-state index contributed by atoms with van der Waals surface area (Å²) >= 11 is 2.87. The summed E-state index contributed by atoms with van der Waals surface area (Å²) in [5.41, 5.74) is 4.66. The molecule has 3 heterocycles. The summed E-state index contributed by atoms with van der Waals surface area (Å²) < 4.78 is 40.2. The smallest absolute Gasteiger partial charge is 0.422 e. The molecule has 8 nitrogen and oxygen atoms in total. The number of primary sulfonamides is 1. The van der Waals surface area contributed by atoms with Crippen molar-refractivity contribution in [2.24, 2.45) is 11.1 Å². The van der Waals surface area contributed by atoms with E-state index in [1.807, 2.05) is 43.3 Å². The second kappa shape index (κ2) is 11.8.